The van der Waals surface area contributed by atoms with Gasteiger partial charge in [-0.2, -0.15) is 0 Å². The van der Waals surface area contributed by atoms with Crippen LogP contribution in [0.25, 0.3) is 11.1 Å². The molecule has 1 aliphatic heterocycles. The molecule has 0 saturated carbocycles. The number of halogens is 1. The van der Waals surface area contributed by atoms with Crippen LogP contribution in [0.4, 0.5) is 10.1 Å². The van der Waals surface area contributed by atoms with Crippen molar-refractivity contribution in [3.63, 3.8) is 0 Å². The number of amides is 1. The molecule has 1 aliphatic rings. The first-order chi connectivity index (χ1) is 11.3. The highest BCUT2D eigenvalue weighted by atomic mass is 32.2. The van der Waals surface area contributed by atoms with E-state index in [1.807, 2.05) is 0 Å². The van der Waals surface area contributed by atoms with Gasteiger partial charge in [-0.25, -0.2) is 17.9 Å². The Kier molecular flexibility index (Phi) is 4.12. The summed E-state index contributed by atoms with van der Waals surface area (Å²) in [6.45, 7) is 0.228. The highest BCUT2D eigenvalue weighted by Crippen LogP contribution is 2.35. The average Bonchev–Trinajstić information content (AvgIpc) is 2.86. The van der Waals surface area contributed by atoms with E-state index in [1.165, 1.54) is 12.1 Å². The zero-order valence-electron chi connectivity index (χ0n) is 12.6. The zero-order valence-corrected chi connectivity index (χ0v) is 13.5. The maximum atomic E-state index is 15.0. The van der Waals surface area contributed by atoms with Crippen molar-refractivity contribution >= 4 is 21.6 Å². The first kappa shape index (κ1) is 16.6. The van der Waals surface area contributed by atoms with Crippen LogP contribution in [0, 0.1) is 5.82 Å². The summed E-state index contributed by atoms with van der Waals surface area (Å²) >= 11 is 0. The van der Waals surface area contributed by atoms with E-state index in [0.717, 1.165) is 4.90 Å². The lowest BCUT2D eigenvalue weighted by Gasteiger charge is -2.20. The minimum Gasteiger partial charge on any atom is -0.320 e. The molecule has 1 atom stereocenters. The first-order valence-electron chi connectivity index (χ1n) is 7.28. The van der Waals surface area contributed by atoms with Crippen LogP contribution in [0.2, 0.25) is 0 Å². The van der Waals surface area contributed by atoms with Crippen LogP contribution >= 0.6 is 0 Å². The normalized spacial score (nSPS) is 18.2. The van der Waals surface area contributed by atoms with Gasteiger partial charge in [0.15, 0.2) is 5.82 Å². The van der Waals surface area contributed by atoms with Gasteiger partial charge in [0, 0.05) is 12.1 Å². The fourth-order valence-corrected chi connectivity index (χ4v) is 3.67. The maximum absolute atomic E-state index is 15.0. The number of nitrogens with zero attached hydrogens (tertiary/aromatic N) is 1. The van der Waals surface area contributed by atoms with Crippen molar-refractivity contribution in [3.8, 4) is 11.1 Å². The molecule has 2 aromatic rings. The summed E-state index contributed by atoms with van der Waals surface area (Å²) in [5.41, 5.74) is 6.18. The van der Waals surface area contributed by atoms with Crippen molar-refractivity contribution in [2.45, 2.75) is 17.4 Å². The largest absolute Gasteiger partial charge is 0.320 e. The Labute approximate surface area is 138 Å². The van der Waals surface area contributed by atoms with Gasteiger partial charge in [0.05, 0.1) is 11.7 Å². The third kappa shape index (κ3) is 2.79. The van der Waals surface area contributed by atoms with E-state index in [4.69, 9.17) is 10.9 Å². The Hall–Kier alpha value is -2.29. The second-order valence-corrected chi connectivity index (χ2v) is 7.07. The number of nitrogens with two attached hydrogens (primary N) is 2. The van der Waals surface area contributed by atoms with Gasteiger partial charge in [-0.3, -0.25) is 4.79 Å². The molecule has 3 rings (SSSR count). The molecule has 6 nitrogen and oxygen atoms in total. The third-order valence-electron chi connectivity index (χ3n) is 3.98. The molecule has 0 bridgehead atoms. The molecule has 1 saturated heterocycles. The highest BCUT2D eigenvalue weighted by Gasteiger charge is 2.33. The molecule has 2 aromatic carbocycles. The van der Waals surface area contributed by atoms with Gasteiger partial charge >= 0.3 is 0 Å². The van der Waals surface area contributed by atoms with E-state index < -0.39 is 32.7 Å². The predicted octanol–water partition coefficient (Wildman–Crippen LogP) is 1.20. The lowest BCUT2D eigenvalue weighted by molar-refractivity contribution is -0.118. The molecule has 1 fully saturated rings. The summed E-state index contributed by atoms with van der Waals surface area (Å²) in [6.07, 6.45) is 0.378. The summed E-state index contributed by atoms with van der Waals surface area (Å²) in [5.74, 6) is -1.48. The van der Waals surface area contributed by atoms with E-state index in [9.17, 15) is 17.6 Å². The molecular formula is C16H16FN3O3S. The Balaban J connectivity index is 2.22. The monoisotopic (exact) mass is 349 g/mol. The van der Waals surface area contributed by atoms with E-state index in [1.54, 1.807) is 30.3 Å². The van der Waals surface area contributed by atoms with Crippen molar-refractivity contribution in [2.75, 3.05) is 11.4 Å². The molecule has 1 amide bonds. The van der Waals surface area contributed by atoms with Crippen molar-refractivity contribution in [3.05, 3.63) is 48.3 Å². The van der Waals surface area contributed by atoms with Gasteiger partial charge in [-0.1, -0.05) is 36.4 Å². The van der Waals surface area contributed by atoms with Crippen LogP contribution in [0.15, 0.2) is 47.4 Å². The quantitative estimate of drug-likeness (QED) is 0.868. The number of rotatable bonds is 3. The van der Waals surface area contributed by atoms with Gasteiger partial charge < -0.3 is 10.6 Å². The van der Waals surface area contributed by atoms with Crippen LogP contribution in [0.1, 0.15) is 6.42 Å². The number of primary sulfonamides is 1. The minimum absolute atomic E-state index is 0.128. The smallest absolute Gasteiger partial charge is 0.244 e. The minimum atomic E-state index is -4.34. The summed E-state index contributed by atoms with van der Waals surface area (Å²) in [4.78, 5) is 12.6. The predicted molar refractivity (Wildman–Crippen MR) is 88.2 cm³/mol. The molecule has 1 heterocycles. The van der Waals surface area contributed by atoms with Gasteiger partial charge in [0.1, 0.15) is 4.90 Å². The fraction of sp³-hybridized carbons (Fsp3) is 0.188. The summed E-state index contributed by atoms with van der Waals surface area (Å²) < 4.78 is 38.9. The molecule has 126 valence electrons. The van der Waals surface area contributed by atoms with Crippen molar-refractivity contribution in [2.24, 2.45) is 10.9 Å². The molecular weight excluding hydrogens is 333 g/mol. The second kappa shape index (κ2) is 5.97. The number of carbonyl (C=O) groups excluding carboxylic acids is 1. The third-order valence-corrected chi connectivity index (χ3v) is 4.95. The molecule has 4 N–H and O–H groups in total. The maximum Gasteiger partial charge on any atom is 0.244 e. The summed E-state index contributed by atoms with van der Waals surface area (Å²) in [7, 11) is -4.34. The van der Waals surface area contributed by atoms with E-state index >= 15 is 0 Å². The van der Waals surface area contributed by atoms with Crippen LogP contribution in [-0.2, 0) is 14.8 Å². The topological polar surface area (TPSA) is 106 Å². The van der Waals surface area contributed by atoms with Crippen LogP contribution in [0.5, 0.6) is 0 Å². The van der Waals surface area contributed by atoms with Gasteiger partial charge in [0.25, 0.3) is 0 Å². The molecule has 0 aliphatic carbocycles. The average molecular weight is 349 g/mol. The Morgan fingerprint density at radius 2 is 1.79 bits per heavy atom. The molecule has 24 heavy (non-hydrogen) atoms. The summed E-state index contributed by atoms with van der Waals surface area (Å²) in [5, 5.41) is 5.23. The van der Waals surface area contributed by atoms with Crippen LogP contribution in [0.3, 0.4) is 0 Å². The Morgan fingerprint density at radius 1 is 1.12 bits per heavy atom. The van der Waals surface area contributed by atoms with Crippen molar-refractivity contribution in [1.82, 2.24) is 0 Å². The highest BCUT2D eigenvalue weighted by molar-refractivity contribution is 7.89. The first-order valence-corrected chi connectivity index (χ1v) is 8.83. The number of benzene rings is 2. The van der Waals surface area contributed by atoms with E-state index in [-0.39, 0.29) is 17.8 Å². The number of carbonyl (C=O) groups is 1. The number of sulfonamides is 1. The van der Waals surface area contributed by atoms with Gasteiger partial charge in [-0.05, 0) is 18.1 Å². The van der Waals surface area contributed by atoms with Crippen LogP contribution < -0.4 is 15.8 Å². The SMILES string of the molecule is N[C@H]1CCN(c2ccc(-c3ccccc3)c(S(N)(=O)=O)c2F)C1=O. The van der Waals surface area contributed by atoms with E-state index in [0.29, 0.717) is 12.0 Å². The number of anilines is 1. The molecule has 0 radical (unpaired) electrons. The standard InChI is InChI=1S/C16H16FN3O3S/c17-14-13(20-9-8-12(18)16(20)21)7-6-11(15(14)24(19,22)23)10-4-2-1-3-5-10/h1-7,12H,8-9,18H2,(H2,19,22,23)/t12-/m0/s1. The second-order valence-electron chi connectivity index (χ2n) is 5.57. The number of hydrogen-bond donors (Lipinski definition) is 2. The molecule has 0 aromatic heterocycles. The summed E-state index contributed by atoms with van der Waals surface area (Å²) in [6, 6.07) is 10.6. The van der Waals surface area contributed by atoms with Gasteiger partial charge in [-0.15, -0.1) is 0 Å². The van der Waals surface area contributed by atoms with E-state index in [2.05, 4.69) is 0 Å². The lowest BCUT2D eigenvalue weighted by Crippen LogP contribution is -2.34. The van der Waals surface area contributed by atoms with Crippen molar-refractivity contribution in [1.29, 1.82) is 0 Å². The van der Waals surface area contributed by atoms with Crippen LogP contribution in [-0.4, -0.2) is 26.9 Å². The molecule has 0 spiro atoms. The lowest BCUT2D eigenvalue weighted by atomic mass is 10.0. The number of hydrogen-bond acceptors (Lipinski definition) is 4. The van der Waals surface area contributed by atoms with Gasteiger partial charge in [0.2, 0.25) is 15.9 Å². The Morgan fingerprint density at radius 3 is 2.33 bits per heavy atom. The Bertz CT molecular complexity index is 900. The fourth-order valence-electron chi connectivity index (χ4n) is 2.82. The molecule has 0 unspecified atom stereocenters. The zero-order chi connectivity index (χ0) is 17.5. The van der Waals surface area contributed by atoms with Crippen molar-refractivity contribution < 1.29 is 17.6 Å². The molecule has 8 heteroatoms.